The Balaban J connectivity index is 1.68. The van der Waals surface area contributed by atoms with Gasteiger partial charge in [-0.25, -0.2) is 14.3 Å². The highest BCUT2D eigenvalue weighted by molar-refractivity contribution is 7.46. The zero-order valence-electron chi connectivity index (χ0n) is 19.0. The van der Waals surface area contributed by atoms with E-state index in [9.17, 15) is 34.2 Å². The molecule has 5 atom stereocenters. The number of aromatic nitrogens is 4. The largest absolute Gasteiger partial charge is 0.470 e. The van der Waals surface area contributed by atoms with Crippen LogP contribution in [0.25, 0.3) is 11.2 Å². The van der Waals surface area contributed by atoms with E-state index in [-0.39, 0.29) is 22.7 Å². The summed E-state index contributed by atoms with van der Waals surface area (Å²) in [5.41, 5.74) is -0.466. The lowest BCUT2D eigenvalue weighted by molar-refractivity contribution is -0.246. The molecule has 194 valence electrons. The molecule has 36 heavy (non-hydrogen) atoms. The van der Waals surface area contributed by atoms with Gasteiger partial charge in [-0.05, 0) is 12.1 Å². The van der Waals surface area contributed by atoms with Crippen molar-refractivity contribution in [2.24, 2.45) is 0 Å². The number of anilines is 1. The smallest absolute Gasteiger partial charge is 0.459 e. The van der Waals surface area contributed by atoms with Gasteiger partial charge in [0.25, 0.3) is 5.56 Å². The van der Waals surface area contributed by atoms with Crippen LogP contribution in [0.4, 0.5) is 5.95 Å². The standard InChI is InChI=1S/C20H24N5O10P/c1-24(2)20-22-16-12(17(28)23-20)21-9-25(16)18-14(27)15(35-36(30,31)32)13(26)11(34-18)8-33-19(29)10-6-4-3-5-7-10/h3-7,9,11,13-15,18,26-27H,8H2,1-2H3,(H,22,23,28)(H2,30,31,32)/t11-,13-,14-,15+,18-/m1/s1. The maximum Gasteiger partial charge on any atom is 0.470 e. The van der Waals surface area contributed by atoms with Crippen molar-refractivity contribution in [1.82, 2.24) is 19.5 Å². The van der Waals surface area contributed by atoms with Crippen LogP contribution in [0.15, 0.2) is 41.5 Å². The monoisotopic (exact) mass is 525 g/mol. The van der Waals surface area contributed by atoms with E-state index >= 15 is 0 Å². The van der Waals surface area contributed by atoms with Crippen LogP contribution in [0.2, 0.25) is 0 Å². The van der Waals surface area contributed by atoms with Crippen molar-refractivity contribution in [3.63, 3.8) is 0 Å². The molecule has 2 aromatic heterocycles. The van der Waals surface area contributed by atoms with E-state index in [4.69, 9.17) is 9.47 Å². The molecule has 1 aliphatic rings. The average Bonchev–Trinajstić information content (AvgIpc) is 3.25. The summed E-state index contributed by atoms with van der Waals surface area (Å²) in [6.07, 6.45) is -7.27. The number of carbonyl (C=O) groups excluding carboxylic acids is 1. The van der Waals surface area contributed by atoms with Crippen LogP contribution >= 0.6 is 7.82 Å². The Labute approximate surface area is 203 Å². The number of phosphoric acid groups is 1. The van der Waals surface area contributed by atoms with Crippen molar-refractivity contribution >= 4 is 30.9 Å². The van der Waals surface area contributed by atoms with E-state index in [1.807, 2.05) is 0 Å². The molecule has 0 aliphatic carbocycles. The van der Waals surface area contributed by atoms with Gasteiger partial charge in [0.2, 0.25) is 5.95 Å². The van der Waals surface area contributed by atoms with Gasteiger partial charge in [-0.15, -0.1) is 0 Å². The second kappa shape index (κ2) is 10.1. The van der Waals surface area contributed by atoms with Crippen LogP contribution < -0.4 is 10.5 Å². The molecule has 0 spiro atoms. The second-order valence-corrected chi connectivity index (χ2v) is 9.37. The summed E-state index contributed by atoms with van der Waals surface area (Å²) in [5.74, 6) is -0.575. The molecule has 5 N–H and O–H groups in total. The summed E-state index contributed by atoms with van der Waals surface area (Å²) in [7, 11) is -1.92. The van der Waals surface area contributed by atoms with Gasteiger partial charge in [-0.1, -0.05) is 18.2 Å². The van der Waals surface area contributed by atoms with Crippen molar-refractivity contribution < 1.29 is 43.4 Å². The van der Waals surface area contributed by atoms with Crippen molar-refractivity contribution in [2.75, 3.05) is 25.6 Å². The molecule has 1 fully saturated rings. The third-order valence-corrected chi connectivity index (χ3v) is 5.94. The fourth-order valence-electron chi connectivity index (χ4n) is 3.70. The van der Waals surface area contributed by atoms with Crippen molar-refractivity contribution in [1.29, 1.82) is 0 Å². The van der Waals surface area contributed by atoms with Gasteiger partial charge >= 0.3 is 13.8 Å². The van der Waals surface area contributed by atoms with Crippen molar-refractivity contribution in [2.45, 2.75) is 30.6 Å². The lowest BCUT2D eigenvalue weighted by Gasteiger charge is -2.42. The number of nitrogens with one attached hydrogen (secondary N) is 1. The molecule has 15 nitrogen and oxygen atoms in total. The first-order valence-corrected chi connectivity index (χ1v) is 12.1. The van der Waals surface area contributed by atoms with Gasteiger partial charge in [-0.2, -0.15) is 4.98 Å². The molecule has 3 heterocycles. The number of esters is 1. The normalized spacial score (nSPS) is 24.6. The number of aliphatic hydroxyl groups is 2. The minimum Gasteiger partial charge on any atom is -0.459 e. The number of rotatable bonds is 7. The lowest BCUT2D eigenvalue weighted by Crippen LogP contribution is -2.57. The van der Waals surface area contributed by atoms with Crippen LogP contribution in [0, 0.1) is 0 Å². The number of phosphoric ester groups is 1. The molecular weight excluding hydrogens is 501 g/mol. The fourth-order valence-corrected chi connectivity index (χ4v) is 4.26. The average molecular weight is 525 g/mol. The zero-order valence-corrected chi connectivity index (χ0v) is 19.9. The summed E-state index contributed by atoms with van der Waals surface area (Å²) >= 11 is 0. The minimum atomic E-state index is -5.19. The Morgan fingerprint density at radius 2 is 1.92 bits per heavy atom. The highest BCUT2D eigenvalue weighted by Crippen LogP contribution is 2.43. The number of ether oxygens (including phenoxy) is 2. The minimum absolute atomic E-state index is 0.0159. The third kappa shape index (κ3) is 5.32. The Kier molecular flexibility index (Phi) is 7.24. The van der Waals surface area contributed by atoms with Gasteiger partial charge in [0.1, 0.15) is 31.0 Å². The number of hydrogen-bond donors (Lipinski definition) is 5. The van der Waals surface area contributed by atoms with Crippen LogP contribution in [-0.2, 0) is 18.6 Å². The maximum atomic E-state index is 12.4. The number of H-pyrrole nitrogens is 1. The summed E-state index contributed by atoms with van der Waals surface area (Å²) in [6.45, 7) is -0.553. The maximum absolute atomic E-state index is 12.4. The summed E-state index contributed by atoms with van der Waals surface area (Å²) < 4.78 is 28.4. The predicted octanol–water partition coefficient (Wildman–Crippen LogP) is -0.860. The van der Waals surface area contributed by atoms with Gasteiger partial charge in [0.15, 0.2) is 17.4 Å². The van der Waals surface area contributed by atoms with E-state index in [1.165, 1.54) is 17.0 Å². The quantitative estimate of drug-likeness (QED) is 0.188. The molecule has 1 aromatic carbocycles. The predicted molar refractivity (Wildman–Crippen MR) is 122 cm³/mol. The van der Waals surface area contributed by atoms with Crippen LogP contribution in [0.1, 0.15) is 16.6 Å². The Bertz CT molecular complexity index is 1340. The molecule has 0 unspecified atom stereocenters. The number of imidazole rings is 1. The first-order valence-electron chi connectivity index (χ1n) is 10.6. The molecular formula is C20H24N5O10P. The SMILES string of the molecule is CN(C)c1nc2c(ncn2[C@@H]2O[C@H](COC(=O)c3ccccc3)[C@@H](O)[C@H](OP(=O)(O)O)[C@H]2O)c(=O)[nH]1. The number of aromatic amines is 1. The topological polar surface area (TPSA) is 210 Å². The number of hydrogen-bond acceptors (Lipinski definition) is 11. The number of nitrogens with zero attached hydrogens (tertiary/aromatic N) is 4. The van der Waals surface area contributed by atoms with E-state index in [0.29, 0.717) is 0 Å². The molecule has 1 aliphatic heterocycles. The lowest BCUT2D eigenvalue weighted by atomic mass is 9.98. The molecule has 0 saturated carbocycles. The third-order valence-electron chi connectivity index (χ3n) is 5.43. The van der Waals surface area contributed by atoms with E-state index in [0.717, 1.165) is 10.9 Å². The second-order valence-electron chi connectivity index (χ2n) is 8.18. The highest BCUT2D eigenvalue weighted by atomic mass is 31.2. The van der Waals surface area contributed by atoms with Gasteiger partial charge in [0, 0.05) is 14.1 Å². The molecule has 0 amide bonds. The molecule has 0 bridgehead atoms. The molecule has 4 rings (SSSR count). The van der Waals surface area contributed by atoms with E-state index < -0.39 is 56.6 Å². The number of aliphatic hydroxyl groups excluding tert-OH is 2. The summed E-state index contributed by atoms with van der Waals surface area (Å²) in [4.78, 5) is 55.8. The first-order chi connectivity index (χ1) is 17.0. The van der Waals surface area contributed by atoms with Gasteiger partial charge < -0.3 is 34.4 Å². The Hall–Kier alpha value is -3.17. The molecule has 3 aromatic rings. The molecule has 0 radical (unpaired) electrons. The molecule has 1 saturated heterocycles. The highest BCUT2D eigenvalue weighted by Gasteiger charge is 2.49. The Morgan fingerprint density at radius 1 is 1.22 bits per heavy atom. The van der Waals surface area contributed by atoms with Gasteiger partial charge in [0.05, 0.1) is 11.9 Å². The van der Waals surface area contributed by atoms with Crippen LogP contribution in [-0.4, -0.2) is 90.6 Å². The summed E-state index contributed by atoms with van der Waals surface area (Å²) in [6, 6.07) is 7.97. The Morgan fingerprint density at radius 3 is 2.56 bits per heavy atom. The van der Waals surface area contributed by atoms with Crippen molar-refractivity contribution in [3.8, 4) is 0 Å². The zero-order chi connectivity index (χ0) is 26.2. The van der Waals surface area contributed by atoms with Gasteiger partial charge in [-0.3, -0.25) is 18.9 Å². The van der Waals surface area contributed by atoms with E-state index in [2.05, 4.69) is 19.5 Å². The first kappa shape index (κ1) is 25.9. The number of carbonyl (C=O) groups is 1. The van der Waals surface area contributed by atoms with Crippen LogP contribution in [0.5, 0.6) is 0 Å². The van der Waals surface area contributed by atoms with Crippen LogP contribution in [0.3, 0.4) is 0 Å². The van der Waals surface area contributed by atoms with E-state index in [1.54, 1.807) is 32.3 Å². The fraction of sp³-hybridized carbons (Fsp3) is 0.400. The number of benzene rings is 1. The van der Waals surface area contributed by atoms with Crippen molar-refractivity contribution in [3.05, 3.63) is 52.6 Å². The molecule has 16 heteroatoms. The number of fused-ring (bicyclic) bond motifs is 1. The summed E-state index contributed by atoms with van der Waals surface area (Å²) in [5, 5.41) is 21.6.